The smallest absolute Gasteiger partial charge is 0.339 e. The van der Waals surface area contributed by atoms with Gasteiger partial charge in [0.25, 0.3) is 0 Å². The zero-order chi connectivity index (χ0) is 21.1. The third kappa shape index (κ3) is 9.38. The van der Waals surface area contributed by atoms with Crippen LogP contribution in [0.1, 0.15) is 87.9 Å². The van der Waals surface area contributed by atoms with Gasteiger partial charge in [-0.2, -0.15) is 0 Å². The molecule has 0 aliphatic heterocycles. The SMILES string of the molecule is CC(C)CCC(C)COC(=O)c1ccccc1C(=O)OCC(C)CCC(C)C. The Labute approximate surface area is 171 Å². The van der Waals surface area contributed by atoms with Gasteiger partial charge in [0, 0.05) is 0 Å². The molecule has 0 spiro atoms. The topological polar surface area (TPSA) is 52.6 Å². The lowest BCUT2D eigenvalue weighted by Crippen LogP contribution is -2.18. The molecule has 0 aromatic heterocycles. The Morgan fingerprint density at radius 2 is 1.04 bits per heavy atom. The number of hydrogen-bond acceptors (Lipinski definition) is 4. The highest BCUT2D eigenvalue weighted by molar-refractivity contribution is 6.03. The highest BCUT2D eigenvalue weighted by Gasteiger charge is 2.20. The molecule has 0 radical (unpaired) electrons. The van der Waals surface area contributed by atoms with E-state index in [9.17, 15) is 9.59 Å². The van der Waals surface area contributed by atoms with E-state index in [0.29, 0.717) is 36.9 Å². The molecule has 0 saturated heterocycles. The van der Waals surface area contributed by atoms with Gasteiger partial charge >= 0.3 is 11.9 Å². The van der Waals surface area contributed by atoms with Crippen molar-refractivity contribution >= 4 is 11.9 Å². The Kier molecular flexibility index (Phi) is 10.9. The zero-order valence-electron chi connectivity index (χ0n) is 18.5. The molecule has 2 unspecified atom stereocenters. The van der Waals surface area contributed by atoms with E-state index < -0.39 is 11.9 Å². The molecule has 28 heavy (non-hydrogen) atoms. The first-order valence-electron chi connectivity index (χ1n) is 10.6. The van der Waals surface area contributed by atoms with Gasteiger partial charge in [-0.15, -0.1) is 0 Å². The predicted molar refractivity (Wildman–Crippen MR) is 113 cm³/mol. The lowest BCUT2D eigenvalue weighted by molar-refractivity contribution is 0.0394. The van der Waals surface area contributed by atoms with Crippen molar-refractivity contribution in [2.24, 2.45) is 23.7 Å². The van der Waals surface area contributed by atoms with Crippen molar-refractivity contribution in [1.29, 1.82) is 0 Å². The maximum absolute atomic E-state index is 12.5. The molecule has 158 valence electrons. The second kappa shape index (κ2) is 12.6. The molecule has 0 bridgehead atoms. The van der Waals surface area contributed by atoms with Crippen LogP contribution in [-0.2, 0) is 9.47 Å². The lowest BCUT2D eigenvalue weighted by atomic mass is 10.00. The van der Waals surface area contributed by atoms with Crippen LogP contribution in [0, 0.1) is 23.7 Å². The van der Waals surface area contributed by atoms with E-state index in [1.807, 2.05) is 0 Å². The number of benzene rings is 1. The normalized spacial score (nSPS) is 13.4. The standard InChI is InChI=1S/C24H38O4/c1-17(2)11-13-19(5)15-27-23(25)21-9-7-8-10-22(21)24(26)28-16-20(6)14-12-18(3)4/h7-10,17-20H,11-16H2,1-6H3. The quantitative estimate of drug-likeness (QED) is 0.402. The largest absolute Gasteiger partial charge is 0.462 e. The molecule has 0 heterocycles. The van der Waals surface area contributed by atoms with Gasteiger partial charge in [-0.05, 0) is 48.6 Å². The Morgan fingerprint density at radius 1 is 0.679 bits per heavy atom. The minimum Gasteiger partial charge on any atom is -0.462 e. The number of carbonyl (C=O) groups excluding carboxylic acids is 2. The average Bonchev–Trinajstić information content (AvgIpc) is 2.66. The van der Waals surface area contributed by atoms with E-state index in [2.05, 4.69) is 41.5 Å². The Balaban J connectivity index is 2.60. The fraction of sp³-hybridized carbons (Fsp3) is 0.667. The van der Waals surface area contributed by atoms with Crippen molar-refractivity contribution in [2.45, 2.75) is 67.2 Å². The Hall–Kier alpha value is -1.84. The molecule has 0 aliphatic carbocycles. The summed E-state index contributed by atoms with van der Waals surface area (Å²) in [6.45, 7) is 13.6. The van der Waals surface area contributed by atoms with Gasteiger partial charge in [0.1, 0.15) is 0 Å². The van der Waals surface area contributed by atoms with Crippen LogP contribution in [0.4, 0.5) is 0 Å². The summed E-state index contributed by atoms with van der Waals surface area (Å²) in [6, 6.07) is 6.72. The van der Waals surface area contributed by atoms with Crippen LogP contribution in [0.15, 0.2) is 24.3 Å². The molecule has 0 aliphatic rings. The number of carbonyl (C=O) groups is 2. The van der Waals surface area contributed by atoms with Crippen molar-refractivity contribution in [3.63, 3.8) is 0 Å². The van der Waals surface area contributed by atoms with Gasteiger partial charge in [-0.3, -0.25) is 0 Å². The van der Waals surface area contributed by atoms with Crippen LogP contribution in [-0.4, -0.2) is 25.2 Å². The summed E-state index contributed by atoms with van der Waals surface area (Å²) in [5.41, 5.74) is 0.553. The maximum atomic E-state index is 12.5. The van der Waals surface area contributed by atoms with Crippen molar-refractivity contribution in [3.05, 3.63) is 35.4 Å². The number of rotatable bonds is 12. The van der Waals surface area contributed by atoms with E-state index in [-0.39, 0.29) is 11.1 Å². The lowest BCUT2D eigenvalue weighted by Gasteiger charge is -2.15. The highest BCUT2D eigenvalue weighted by Crippen LogP contribution is 2.17. The van der Waals surface area contributed by atoms with Crippen LogP contribution >= 0.6 is 0 Å². The van der Waals surface area contributed by atoms with E-state index in [1.165, 1.54) is 0 Å². The third-order valence-corrected chi connectivity index (χ3v) is 4.84. The van der Waals surface area contributed by atoms with E-state index in [0.717, 1.165) is 25.7 Å². The summed E-state index contributed by atoms with van der Waals surface area (Å²) in [5, 5.41) is 0. The van der Waals surface area contributed by atoms with Gasteiger partial charge in [0.15, 0.2) is 0 Å². The van der Waals surface area contributed by atoms with Gasteiger partial charge < -0.3 is 9.47 Å². The molecule has 0 fully saturated rings. The molecule has 4 heteroatoms. The summed E-state index contributed by atoms with van der Waals surface area (Å²) < 4.78 is 10.9. The molecule has 0 amide bonds. The number of ether oxygens (including phenoxy) is 2. The monoisotopic (exact) mass is 390 g/mol. The van der Waals surface area contributed by atoms with Crippen LogP contribution in [0.25, 0.3) is 0 Å². The van der Waals surface area contributed by atoms with Gasteiger partial charge in [-0.25, -0.2) is 9.59 Å². The number of esters is 2. The summed E-state index contributed by atoms with van der Waals surface area (Å²) in [4.78, 5) is 25.0. The minimum atomic E-state index is -0.461. The fourth-order valence-corrected chi connectivity index (χ4v) is 2.83. The summed E-state index contributed by atoms with van der Waals surface area (Å²) in [5.74, 6) is 0.946. The van der Waals surface area contributed by atoms with Crippen molar-refractivity contribution in [1.82, 2.24) is 0 Å². The summed E-state index contributed by atoms with van der Waals surface area (Å²) in [7, 11) is 0. The summed E-state index contributed by atoms with van der Waals surface area (Å²) in [6.07, 6.45) is 4.25. The van der Waals surface area contributed by atoms with Crippen LogP contribution in [0.2, 0.25) is 0 Å². The first kappa shape index (κ1) is 24.2. The second-order valence-electron chi connectivity index (χ2n) is 8.90. The van der Waals surface area contributed by atoms with E-state index in [4.69, 9.17) is 9.47 Å². The van der Waals surface area contributed by atoms with E-state index >= 15 is 0 Å². The third-order valence-electron chi connectivity index (χ3n) is 4.84. The first-order valence-corrected chi connectivity index (χ1v) is 10.6. The molecule has 0 N–H and O–H groups in total. The maximum Gasteiger partial charge on any atom is 0.339 e. The number of hydrogen-bond donors (Lipinski definition) is 0. The van der Waals surface area contributed by atoms with Crippen LogP contribution in [0.5, 0.6) is 0 Å². The first-order chi connectivity index (χ1) is 13.2. The highest BCUT2D eigenvalue weighted by atomic mass is 16.5. The predicted octanol–water partition coefficient (Wildman–Crippen LogP) is 6.14. The average molecular weight is 391 g/mol. The van der Waals surface area contributed by atoms with Crippen molar-refractivity contribution < 1.29 is 19.1 Å². The Bertz CT molecular complexity index is 553. The van der Waals surface area contributed by atoms with Crippen molar-refractivity contribution in [3.8, 4) is 0 Å². The fourth-order valence-electron chi connectivity index (χ4n) is 2.83. The summed E-state index contributed by atoms with van der Waals surface area (Å²) >= 11 is 0. The zero-order valence-corrected chi connectivity index (χ0v) is 18.5. The molecule has 4 nitrogen and oxygen atoms in total. The van der Waals surface area contributed by atoms with Crippen molar-refractivity contribution in [2.75, 3.05) is 13.2 Å². The van der Waals surface area contributed by atoms with Gasteiger partial charge in [0.05, 0.1) is 24.3 Å². The molecule has 2 atom stereocenters. The van der Waals surface area contributed by atoms with Crippen LogP contribution < -0.4 is 0 Å². The molecule has 1 aromatic rings. The second-order valence-corrected chi connectivity index (χ2v) is 8.90. The molecular formula is C24H38O4. The molecule has 1 aromatic carbocycles. The molecule has 1 rings (SSSR count). The van der Waals surface area contributed by atoms with Gasteiger partial charge in [0.2, 0.25) is 0 Å². The van der Waals surface area contributed by atoms with Gasteiger partial charge in [-0.1, -0.05) is 66.5 Å². The van der Waals surface area contributed by atoms with E-state index in [1.54, 1.807) is 24.3 Å². The molecular weight excluding hydrogens is 352 g/mol. The Morgan fingerprint density at radius 3 is 1.36 bits per heavy atom. The minimum absolute atomic E-state index is 0.276. The molecule has 0 saturated carbocycles. The van der Waals surface area contributed by atoms with Crippen LogP contribution in [0.3, 0.4) is 0 Å².